The molecule has 1 saturated heterocycles. The van der Waals surface area contributed by atoms with Gasteiger partial charge in [-0.25, -0.2) is 0 Å². The smallest absolute Gasteiger partial charge is 0.308 e. The van der Waals surface area contributed by atoms with Crippen LogP contribution < -0.4 is 0 Å². The lowest BCUT2D eigenvalue weighted by atomic mass is 9.94. The van der Waals surface area contributed by atoms with Crippen LogP contribution in [0.5, 0.6) is 0 Å². The van der Waals surface area contributed by atoms with Crippen molar-refractivity contribution in [2.45, 2.75) is 32.1 Å². The van der Waals surface area contributed by atoms with Gasteiger partial charge in [-0.3, -0.25) is 9.59 Å². The van der Waals surface area contributed by atoms with E-state index in [1.165, 1.54) is 12.7 Å². The van der Waals surface area contributed by atoms with Crippen molar-refractivity contribution in [2.24, 2.45) is 5.92 Å². The molecular formula is C17H23NO3. The zero-order chi connectivity index (χ0) is 15.2. The third-order valence-electron chi connectivity index (χ3n) is 4.23. The maximum Gasteiger partial charge on any atom is 0.308 e. The van der Waals surface area contributed by atoms with Crippen LogP contribution in [0.4, 0.5) is 0 Å². The molecule has 1 aliphatic heterocycles. The molecule has 1 aromatic rings. The summed E-state index contributed by atoms with van der Waals surface area (Å²) in [6.45, 7) is 3.38. The first-order valence-electron chi connectivity index (χ1n) is 7.52. The molecule has 0 saturated carbocycles. The number of likely N-dealkylation sites (tertiary alicyclic amines) is 1. The van der Waals surface area contributed by atoms with Gasteiger partial charge in [-0.1, -0.05) is 37.3 Å². The van der Waals surface area contributed by atoms with E-state index in [4.69, 9.17) is 4.74 Å². The number of ether oxygens (including phenoxy) is 1. The van der Waals surface area contributed by atoms with Crippen molar-refractivity contribution >= 4 is 11.9 Å². The van der Waals surface area contributed by atoms with Gasteiger partial charge < -0.3 is 9.64 Å². The highest BCUT2D eigenvalue weighted by Crippen LogP contribution is 2.23. The Bertz CT molecular complexity index is 478. The number of rotatable bonds is 4. The molecule has 114 valence electrons. The van der Waals surface area contributed by atoms with Crippen LogP contribution in [0.15, 0.2) is 30.3 Å². The third-order valence-corrected chi connectivity index (χ3v) is 4.23. The second-order valence-corrected chi connectivity index (χ2v) is 5.69. The van der Waals surface area contributed by atoms with E-state index in [1.807, 2.05) is 23.1 Å². The summed E-state index contributed by atoms with van der Waals surface area (Å²) in [7, 11) is 1.42. The summed E-state index contributed by atoms with van der Waals surface area (Å²) in [4.78, 5) is 25.7. The average molecular weight is 289 g/mol. The van der Waals surface area contributed by atoms with Crippen molar-refractivity contribution in [3.8, 4) is 0 Å². The largest absolute Gasteiger partial charge is 0.469 e. The van der Waals surface area contributed by atoms with Gasteiger partial charge in [-0.05, 0) is 24.3 Å². The van der Waals surface area contributed by atoms with Crippen molar-refractivity contribution < 1.29 is 14.3 Å². The summed E-state index contributed by atoms with van der Waals surface area (Å²) in [5, 5.41) is 0. The van der Waals surface area contributed by atoms with Crippen LogP contribution in [-0.4, -0.2) is 37.0 Å². The summed E-state index contributed by atoms with van der Waals surface area (Å²) in [5.74, 6) is 0.192. The number of hydrogen-bond acceptors (Lipinski definition) is 3. The number of carbonyl (C=O) groups excluding carboxylic acids is 2. The second-order valence-electron chi connectivity index (χ2n) is 5.69. The van der Waals surface area contributed by atoms with Crippen LogP contribution in [0.1, 0.15) is 37.7 Å². The normalized spacial score (nSPS) is 17.3. The Balaban J connectivity index is 1.84. The van der Waals surface area contributed by atoms with Crippen LogP contribution >= 0.6 is 0 Å². The molecule has 2 rings (SSSR count). The number of carbonyl (C=O) groups is 2. The van der Waals surface area contributed by atoms with E-state index in [0.29, 0.717) is 32.4 Å². The standard InChI is InChI=1S/C17H23NO3/c1-13(14-6-4-3-5-7-14)12-16(19)18-10-8-15(9-11-18)17(20)21-2/h3-7,13,15H,8-12H2,1-2H3. The van der Waals surface area contributed by atoms with Gasteiger partial charge in [0.1, 0.15) is 0 Å². The van der Waals surface area contributed by atoms with Gasteiger partial charge in [0.2, 0.25) is 5.91 Å². The maximum atomic E-state index is 12.3. The molecule has 0 bridgehead atoms. The first-order valence-corrected chi connectivity index (χ1v) is 7.52. The van der Waals surface area contributed by atoms with E-state index in [-0.39, 0.29) is 23.7 Å². The molecule has 0 aliphatic carbocycles. The van der Waals surface area contributed by atoms with E-state index in [1.54, 1.807) is 0 Å². The number of benzene rings is 1. The summed E-state index contributed by atoms with van der Waals surface area (Å²) in [6, 6.07) is 10.1. The Morgan fingerprint density at radius 2 is 1.86 bits per heavy atom. The topological polar surface area (TPSA) is 46.6 Å². The van der Waals surface area contributed by atoms with Crippen molar-refractivity contribution in [3.63, 3.8) is 0 Å². The molecule has 0 N–H and O–H groups in total. The van der Waals surface area contributed by atoms with Gasteiger partial charge in [0.25, 0.3) is 0 Å². The first kappa shape index (κ1) is 15.5. The van der Waals surface area contributed by atoms with Crippen LogP contribution in [-0.2, 0) is 14.3 Å². The minimum Gasteiger partial charge on any atom is -0.469 e. The van der Waals surface area contributed by atoms with Gasteiger partial charge >= 0.3 is 5.97 Å². The monoisotopic (exact) mass is 289 g/mol. The van der Waals surface area contributed by atoms with Gasteiger partial charge in [-0.15, -0.1) is 0 Å². The number of piperidine rings is 1. The van der Waals surface area contributed by atoms with E-state index >= 15 is 0 Å². The van der Waals surface area contributed by atoms with Crippen LogP contribution in [0.2, 0.25) is 0 Å². The Kier molecular flexibility index (Phi) is 5.37. The number of hydrogen-bond donors (Lipinski definition) is 0. The zero-order valence-corrected chi connectivity index (χ0v) is 12.7. The predicted molar refractivity (Wildman–Crippen MR) is 80.8 cm³/mol. The van der Waals surface area contributed by atoms with Crippen LogP contribution in [0.3, 0.4) is 0 Å². The van der Waals surface area contributed by atoms with Crippen molar-refractivity contribution in [3.05, 3.63) is 35.9 Å². The van der Waals surface area contributed by atoms with Gasteiger partial charge in [0.15, 0.2) is 0 Å². The molecule has 1 aromatic carbocycles. The summed E-state index contributed by atoms with van der Waals surface area (Å²) < 4.78 is 4.77. The Morgan fingerprint density at radius 1 is 1.24 bits per heavy atom. The Hall–Kier alpha value is -1.84. The molecule has 1 amide bonds. The fraction of sp³-hybridized carbons (Fsp3) is 0.529. The third kappa shape index (κ3) is 4.06. The highest BCUT2D eigenvalue weighted by molar-refractivity contribution is 5.78. The molecule has 0 aromatic heterocycles. The molecule has 1 atom stereocenters. The minimum atomic E-state index is -0.153. The number of amides is 1. The summed E-state index contributed by atoms with van der Waals surface area (Å²) >= 11 is 0. The molecule has 1 fully saturated rings. The fourth-order valence-electron chi connectivity index (χ4n) is 2.82. The summed E-state index contributed by atoms with van der Waals surface area (Å²) in [6.07, 6.45) is 1.93. The molecule has 21 heavy (non-hydrogen) atoms. The van der Waals surface area contributed by atoms with E-state index in [2.05, 4.69) is 19.1 Å². The summed E-state index contributed by atoms with van der Waals surface area (Å²) in [5.41, 5.74) is 1.19. The average Bonchev–Trinajstić information content (AvgIpc) is 2.55. The maximum absolute atomic E-state index is 12.3. The highest BCUT2D eigenvalue weighted by atomic mass is 16.5. The molecule has 0 spiro atoms. The van der Waals surface area contributed by atoms with E-state index < -0.39 is 0 Å². The van der Waals surface area contributed by atoms with Gasteiger partial charge in [0, 0.05) is 19.5 Å². The fourth-order valence-corrected chi connectivity index (χ4v) is 2.82. The Morgan fingerprint density at radius 3 is 2.43 bits per heavy atom. The first-order chi connectivity index (χ1) is 10.1. The predicted octanol–water partition coefficient (Wildman–Crippen LogP) is 2.59. The lowest BCUT2D eigenvalue weighted by molar-refractivity contribution is -0.149. The lowest BCUT2D eigenvalue weighted by Crippen LogP contribution is -2.40. The quantitative estimate of drug-likeness (QED) is 0.800. The molecule has 1 heterocycles. The lowest BCUT2D eigenvalue weighted by Gasteiger charge is -2.31. The second kappa shape index (κ2) is 7.25. The molecular weight excluding hydrogens is 266 g/mol. The highest BCUT2D eigenvalue weighted by Gasteiger charge is 2.28. The van der Waals surface area contributed by atoms with Gasteiger partial charge in [0.05, 0.1) is 13.0 Å². The van der Waals surface area contributed by atoms with Crippen molar-refractivity contribution in [1.82, 2.24) is 4.90 Å². The SMILES string of the molecule is COC(=O)C1CCN(C(=O)CC(C)c2ccccc2)CC1. The number of nitrogens with zero attached hydrogens (tertiary/aromatic N) is 1. The molecule has 4 heteroatoms. The van der Waals surface area contributed by atoms with E-state index in [9.17, 15) is 9.59 Å². The molecule has 4 nitrogen and oxygen atoms in total. The molecule has 1 unspecified atom stereocenters. The van der Waals surface area contributed by atoms with Crippen LogP contribution in [0, 0.1) is 5.92 Å². The number of methoxy groups -OCH3 is 1. The van der Waals surface area contributed by atoms with Crippen LogP contribution in [0.25, 0.3) is 0 Å². The van der Waals surface area contributed by atoms with Gasteiger partial charge in [-0.2, -0.15) is 0 Å². The minimum absolute atomic E-state index is 0.0504. The number of esters is 1. The van der Waals surface area contributed by atoms with E-state index in [0.717, 1.165) is 0 Å². The molecule has 0 radical (unpaired) electrons. The Labute approximate surface area is 126 Å². The molecule has 1 aliphatic rings. The van der Waals surface area contributed by atoms with Crippen molar-refractivity contribution in [2.75, 3.05) is 20.2 Å². The van der Waals surface area contributed by atoms with Crippen molar-refractivity contribution in [1.29, 1.82) is 0 Å². The zero-order valence-electron chi connectivity index (χ0n) is 12.7.